The smallest absolute Gasteiger partial charge is 0.416 e. The maximum atomic E-state index is 13.5. The van der Waals surface area contributed by atoms with Crippen molar-refractivity contribution in [3.63, 3.8) is 0 Å². The van der Waals surface area contributed by atoms with Crippen molar-refractivity contribution in [3.8, 4) is 5.75 Å². The van der Waals surface area contributed by atoms with Gasteiger partial charge >= 0.3 is 12.1 Å². The van der Waals surface area contributed by atoms with Crippen LogP contribution in [0.3, 0.4) is 0 Å². The highest BCUT2D eigenvalue weighted by Crippen LogP contribution is 2.34. The third kappa shape index (κ3) is 4.89. The van der Waals surface area contributed by atoms with E-state index in [1.165, 1.54) is 0 Å². The number of ether oxygens (including phenoxy) is 2. The molecule has 0 N–H and O–H groups in total. The molecule has 0 fully saturated rings. The summed E-state index contributed by atoms with van der Waals surface area (Å²) in [6.45, 7) is 0.108. The molecule has 2 heterocycles. The summed E-state index contributed by atoms with van der Waals surface area (Å²) in [4.78, 5) is 16.3. The van der Waals surface area contributed by atoms with Gasteiger partial charge in [-0.2, -0.15) is 17.5 Å². The van der Waals surface area contributed by atoms with E-state index in [0.717, 1.165) is 35.2 Å². The molecule has 12 heteroatoms. The van der Waals surface area contributed by atoms with Crippen molar-refractivity contribution in [2.45, 2.75) is 36.6 Å². The van der Waals surface area contributed by atoms with E-state index < -0.39 is 38.7 Å². The number of benzene rings is 2. The highest BCUT2D eigenvalue weighted by Gasteiger charge is 2.43. The van der Waals surface area contributed by atoms with E-state index in [9.17, 15) is 26.4 Å². The summed E-state index contributed by atoms with van der Waals surface area (Å²) in [7, 11) is -1.82. The van der Waals surface area contributed by atoms with Crippen LogP contribution in [-0.2, 0) is 45.2 Å². The number of aromatic nitrogens is 2. The summed E-state index contributed by atoms with van der Waals surface area (Å²) in [5.74, 6) is -0.142. The first-order valence-corrected chi connectivity index (χ1v) is 11.9. The number of hydrogen-bond acceptors (Lipinski definition) is 6. The molecule has 1 aliphatic rings. The first-order valence-electron chi connectivity index (χ1n) is 10.5. The van der Waals surface area contributed by atoms with Crippen LogP contribution in [0, 0.1) is 0 Å². The number of sulfonamides is 1. The van der Waals surface area contributed by atoms with Gasteiger partial charge in [-0.25, -0.2) is 13.4 Å². The Morgan fingerprint density at radius 1 is 1.14 bits per heavy atom. The topological polar surface area (TPSA) is 90.7 Å². The van der Waals surface area contributed by atoms with Crippen molar-refractivity contribution in [2.75, 3.05) is 14.2 Å². The van der Waals surface area contributed by atoms with Gasteiger partial charge in [-0.1, -0.05) is 18.2 Å². The molecule has 1 unspecified atom stereocenters. The van der Waals surface area contributed by atoms with Gasteiger partial charge in [0.15, 0.2) is 0 Å². The molecule has 1 aromatic heterocycles. The Hall–Kier alpha value is -3.38. The van der Waals surface area contributed by atoms with E-state index in [1.807, 2.05) is 12.1 Å². The number of rotatable bonds is 6. The van der Waals surface area contributed by atoms with Gasteiger partial charge in [0.25, 0.3) is 0 Å². The minimum Gasteiger partial charge on any atom is -0.497 e. The Morgan fingerprint density at radius 2 is 1.86 bits per heavy atom. The van der Waals surface area contributed by atoms with Gasteiger partial charge in [-0.3, -0.25) is 4.79 Å². The summed E-state index contributed by atoms with van der Waals surface area (Å²) in [6, 6.07) is 9.45. The van der Waals surface area contributed by atoms with Gasteiger partial charge in [0.2, 0.25) is 10.0 Å². The quantitative estimate of drug-likeness (QED) is 0.474. The fourth-order valence-electron chi connectivity index (χ4n) is 3.97. The second-order valence-electron chi connectivity index (χ2n) is 7.93. The standard InChI is InChI=1S/C23H22F3N3O5S/c1-33-17-8-6-15(7-9-17)12-28-14-27-19-11-20(22(30)34-2)29(13-21(19)28)35(31,32)18-5-3-4-16(10-18)23(24,25)26/h3-10,14,20H,11-13H2,1-2H3. The second-order valence-corrected chi connectivity index (χ2v) is 9.82. The first-order chi connectivity index (χ1) is 16.5. The van der Waals surface area contributed by atoms with E-state index >= 15 is 0 Å². The lowest BCUT2D eigenvalue weighted by atomic mass is 10.1. The fraction of sp³-hybridized carbons (Fsp3) is 0.304. The molecule has 1 atom stereocenters. The van der Waals surface area contributed by atoms with E-state index in [4.69, 9.17) is 9.47 Å². The number of esters is 1. The largest absolute Gasteiger partial charge is 0.497 e. The van der Waals surface area contributed by atoms with E-state index in [2.05, 4.69) is 4.98 Å². The summed E-state index contributed by atoms with van der Waals surface area (Å²) in [5, 5.41) is 0. The molecular formula is C23H22F3N3O5S. The average Bonchev–Trinajstić information content (AvgIpc) is 3.24. The summed E-state index contributed by atoms with van der Waals surface area (Å²) in [6.07, 6.45) is -3.25. The second kappa shape index (κ2) is 9.34. The van der Waals surface area contributed by atoms with E-state index in [1.54, 1.807) is 30.1 Å². The number of nitrogens with zero attached hydrogens (tertiary/aromatic N) is 3. The molecule has 2 aromatic carbocycles. The van der Waals surface area contributed by atoms with Crippen LogP contribution in [0.25, 0.3) is 0 Å². The molecule has 0 spiro atoms. The molecule has 0 bridgehead atoms. The third-order valence-corrected chi connectivity index (χ3v) is 7.68. The van der Waals surface area contributed by atoms with Crippen LogP contribution in [-0.4, -0.2) is 48.5 Å². The number of imidazole rings is 1. The van der Waals surface area contributed by atoms with Crippen molar-refractivity contribution in [3.05, 3.63) is 77.4 Å². The van der Waals surface area contributed by atoms with Crippen LogP contribution >= 0.6 is 0 Å². The molecule has 0 saturated carbocycles. The van der Waals surface area contributed by atoms with Crippen LogP contribution in [0.15, 0.2) is 59.8 Å². The van der Waals surface area contributed by atoms with Crippen molar-refractivity contribution in [1.82, 2.24) is 13.9 Å². The predicted octanol–water partition coefficient (Wildman–Crippen LogP) is 3.25. The van der Waals surface area contributed by atoms with Gasteiger partial charge in [0, 0.05) is 13.0 Å². The van der Waals surface area contributed by atoms with Crippen LogP contribution < -0.4 is 4.74 Å². The lowest BCUT2D eigenvalue weighted by Crippen LogP contribution is -2.49. The molecular weight excluding hydrogens is 487 g/mol. The molecule has 0 aliphatic carbocycles. The van der Waals surface area contributed by atoms with Gasteiger partial charge in [0.05, 0.1) is 48.9 Å². The molecule has 186 valence electrons. The molecule has 8 nitrogen and oxygen atoms in total. The van der Waals surface area contributed by atoms with Crippen LogP contribution in [0.5, 0.6) is 5.75 Å². The Balaban J connectivity index is 1.71. The number of carbonyl (C=O) groups is 1. The summed E-state index contributed by atoms with van der Waals surface area (Å²) < 4.78 is 79.2. The number of carbonyl (C=O) groups excluding carboxylic acids is 1. The highest BCUT2D eigenvalue weighted by atomic mass is 32.2. The number of hydrogen-bond donors (Lipinski definition) is 0. The normalized spacial score (nSPS) is 16.5. The zero-order valence-electron chi connectivity index (χ0n) is 18.8. The highest BCUT2D eigenvalue weighted by molar-refractivity contribution is 7.89. The molecule has 1 aliphatic heterocycles. The van der Waals surface area contributed by atoms with Gasteiger partial charge in [-0.05, 0) is 35.9 Å². The SMILES string of the molecule is COC(=O)C1Cc2ncn(Cc3ccc(OC)cc3)c2CN1S(=O)(=O)c1cccc(C(F)(F)F)c1. The fourth-order valence-corrected chi connectivity index (χ4v) is 5.55. The average molecular weight is 510 g/mol. The molecule has 4 rings (SSSR count). The molecule has 0 saturated heterocycles. The van der Waals surface area contributed by atoms with Crippen LogP contribution in [0.4, 0.5) is 13.2 Å². The van der Waals surface area contributed by atoms with Crippen molar-refractivity contribution < 1.29 is 35.9 Å². The number of methoxy groups -OCH3 is 2. The van der Waals surface area contributed by atoms with Gasteiger partial charge in [-0.15, -0.1) is 0 Å². The maximum absolute atomic E-state index is 13.5. The van der Waals surface area contributed by atoms with Gasteiger partial charge < -0.3 is 14.0 Å². The molecule has 35 heavy (non-hydrogen) atoms. The summed E-state index contributed by atoms with van der Waals surface area (Å²) >= 11 is 0. The van der Waals surface area contributed by atoms with Crippen LogP contribution in [0.2, 0.25) is 0 Å². The number of alkyl halides is 3. The Bertz CT molecular complexity index is 1340. The zero-order chi connectivity index (χ0) is 25.4. The minimum absolute atomic E-state index is 0.0736. The number of halogens is 3. The van der Waals surface area contributed by atoms with E-state index in [-0.39, 0.29) is 13.0 Å². The van der Waals surface area contributed by atoms with Crippen molar-refractivity contribution >= 4 is 16.0 Å². The lowest BCUT2D eigenvalue weighted by molar-refractivity contribution is -0.145. The Morgan fingerprint density at radius 3 is 2.49 bits per heavy atom. The van der Waals surface area contributed by atoms with Crippen molar-refractivity contribution in [1.29, 1.82) is 0 Å². The Labute approximate surface area is 200 Å². The maximum Gasteiger partial charge on any atom is 0.416 e. The summed E-state index contributed by atoms with van der Waals surface area (Å²) in [5.41, 5.74) is 0.852. The first kappa shape index (κ1) is 24.7. The predicted molar refractivity (Wildman–Crippen MR) is 118 cm³/mol. The molecule has 3 aromatic rings. The minimum atomic E-state index is -4.72. The zero-order valence-corrected chi connectivity index (χ0v) is 19.6. The molecule has 0 radical (unpaired) electrons. The lowest BCUT2D eigenvalue weighted by Gasteiger charge is -2.33. The number of fused-ring (bicyclic) bond motifs is 1. The van der Waals surface area contributed by atoms with Gasteiger partial charge in [0.1, 0.15) is 11.8 Å². The molecule has 0 amide bonds. The van der Waals surface area contributed by atoms with E-state index in [0.29, 0.717) is 29.7 Å². The monoisotopic (exact) mass is 509 g/mol. The third-order valence-electron chi connectivity index (χ3n) is 5.83. The Kier molecular flexibility index (Phi) is 6.60. The van der Waals surface area contributed by atoms with Crippen molar-refractivity contribution in [2.24, 2.45) is 0 Å². The van der Waals surface area contributed by atoms with Crippen LogP contribution in [0.1, 0.15) is 22.5 Å².